The molecule has 2 saturated carbocycles. The second-order valence-electron chi connectivity index (χ2n) is 18.0. The molecule has 8 atom stereocenters. The zero-order chi connectivity index (χ0) is 43.9. The van der Waals surface area contributed by atoms with Crippen molar-refractivity contribution in [3.63, 3.8) is 0 Å². The molecule has 0 spiro atoms. The van der Waals surface area contributed by atoms with E-state index in [1.54, 1.807) is 0 Å². The lowest BCUT2D eigenvalue weighted by Crippen LogP contribution is -2.53. The predicted octanol–water partition coefficient (Wildman–Crippen LogP) is 5.49. The third kappa shape index (κ3) is 8.46. The normalized spacial score (nSPS) is 25.8. The first-order valence-electron chi connectivity index (χ1n) is 22.6. The lowest BCUT2D eigenvalue weighted by Gasteiger charge is -2.35. The van der Waals surface area contributed by atoms with E-state index >= 15 is 0 Å². The highest BCUT2D eigenvalue weighted by Gasteiger charge is 2.57. The van der Waals surface area contributed by atoms with Crippen LogP contribution in [0.15, 0.2) is 60.9 Å². The van der Waals surface area contributed by atoms with Gasteiger partial charge in [0.2, 0.25) is 11.8 Å². The summed E-state index contributed by atoms with van der Waals surface area (Å²) < 4.78 is 20.9. The lowest BCUT2D eigenvalue weighted by atomic mass is 9.90. The molecule has 2 aromatic heterocycles. The number of fused-ring (bicyclic) bond motifs is 2. The number of carbonyl (C=O) groups is 4. The van der Waals surface area contributed by atoms with Crippen LogP contribution in [0.1, 0.15) is 86.0 Å². The Bertz CT molecular complexity index is 2260. The van der Waals surface area contributed by atoms with Crippen LogP contribution < -0.4 is 10.6 Å². The average molecular weight is 871 g/mol. The molecular weight excluding hydrogens is 817 g/mol. The summed E-state index contributed by atoms with van der Waals surface area (Å²) >= 11 is 0. The van der Waals surface area contributed by atoms with Crippen molar-refractivity contribution < 1.29 is 38.1 Å². The molecule has 4 N–H and O–H groups in total. The number of aromatic nitrogens is 4. The van der Waals surface area contributed by atoms with E-state index in [1.807, 2.05) is 70.7 Å². The molecule has 4 unspecified atom stereocenters. The molecule has 64 heavy (non-hydrogen) atoms. The maximum absolute atomic E-state index is 14.2. The van der Waals surface area contributed by atoms with Gasteiger partial charge in [-0.3, -0.25) is 9.59 Å². The second-order valence-corrected chi connectivity index (χ2v) is 18.0. The van der Waals surface area contributed by atoms with Gasteiger partial charge in [0.15, 0.2) is 0 Å². The molecule has 0 radical (unpaired) electrons. The molecule has 16 nitrogen and oxygen atoms in total. The van der Waals surface area contributed by atoms with Crippen LogP contribution in [-0.2, 0) is 28.5 Å². The third-order valence-corrected chi connectivity index (χ3v) is 14.2. The van der Waals surface area contributed by atoms with Gasteiger partial charge in [0.25, 0.3) is 0 Å². The van der Waals surface area contributed by atoms with E-state index < -0.39 is 24.3 Å². The van der Waals surface area contributed by atoms with E-state index in [4.69, 9.17) is 28.9 Å². The van der Waals surface area contributed by atoms with Crippen molar-refractivity contribution >= 4 is 24.0 Å². The summed E-state index contributed by atoms with van der Waals surface area (Å²) in [6.45, 7) is 2.26. The van der Waals surface area contributed by atoms with E-state index in [-0.39, 0.29) is 47.8 Å². The minimum atomic E-state index is -0.670. The molecule has 4 amide bonds. The highest BCUT2D eigenvalue weighted by Crippen LogP contribution is 2.55. The Kier molecular flexibility index (Phi) is 11.6. The second kappa shape index (κ2) is 17.8. The van der Waals surface area contributed by atoms with Crippen molar-refractivity contribution in [1.29, 1.82) is 0 Å². The number of H-pyrrole nitrogens is 2. The van der Waals surface area contributed by atoms with Crippen molar-refractivity contribution in [2.24, 2.45) is 23.7 Å². The van der Waals surface area contributed by atoms with Crippen molar-refractivity contribution in [1.82, 2.24) is 40.4 Å². The number of benzene rings is 2. The largest absolute Gasteiger partial charge is 0.453 e. The fraction of sp³-hybridized carbons (Fsp3) is 0.500. The number of aromatic amines is 2. The Morgan fingerprint density at radius 1 is 0.625 bits per heavy atom. The molecule has 4 saturated heterocycles. The number of ether oxygens (including phenoxy) is 4. The van der Waals surface area contributed by atoms with Crippen LogP contribution in [-0.4, -0.2) is 119 Å². The van der Waals surface area contributed by atoms with E-state index in [1.165, 1.54) is 14.2 Å². The Morgan fingerprint density at radius 2 is 1.02 bits per heavy atom. The number of imidazole rings is 2. The van der Waals surface area contributed by atoms with Crippen LogP contribution in [0.4, 0.5) is 9.59 Å². The van der Waals surface area contributed by atoms with E-state index in [9.17, 15) is 19.2 Å². The minimum absolute atomic E-state index is 0.0190. The maximum Gasteiger partial charge on any atom is 0.407 e. The van der Waals surface area contributed by atoms with Gasteiger partial charge in [-0.1, -0.05) is 36.1 Å². The van der Waals surface area contributed by atoms with E-state index in [2.05, 4.69) is 32.4 Å². The highest BCUT2D eigenvalue weighted by molar-refractivity contribution is 5.88. The van der Waals surface area contributed by atoms with E-state index in [0.29, 0.717) is 75.6 Å². The SMILES string of the molecule is COC(=O)N[C@H](C(=O)N1C2CC2C[C@H]1c1cnc(-c2ccc(C#Cc3ccc(-c4ncc([C@@H]5CC6CC6N5C(=O)[C@@H](NC(=O)OC)C5CCOCC5)[nH]4)cc3)cc2)[nH]1)C1CCOCC1. The van der Waals surface area contributed by atoms with Gasteiger partial charge in [0.05, 0.1) is 50.1 Å². The average Bonchev–Trinajstić information content (AvgIpc) is 3.92. The summed E-state index contributed by atoms with van der Waals surface area (Å²) in [6.07, 6.45) is 8.91. The highest BCUT2D eigenvalue weighted by atomic mass is 16.5. The lowest BCUT2D eigenvalue weighted by molar-refractivity contribution is -0.138. The molecule has 10 rings (SSSR count). The summed E-state index contributed by atoms with van der Waals surface area (Å²) in [5.74, 6) is 8.68. The molecule has 16 heteroatoms. The number of amides is 4. The van der Waals surface area contributed by atoms with Crippen LogP contribution in [0, 0.1) is 35.5 Å². The van der Waals surface area contributed by atoms with Crippen molar-refractivity contribution in [2.45, 2.75) is 87.6 Å². The zero-order valence-corrected chi connectivity index (χ0v) is 36.1. The molecule has 2 aliphatic carbocycles. The maximum atomic E-state index is 14.2. The number of nitrogens with one attached hydrogen (secondary N) is 4. The molecule has 4 aromatic rings. The van der Waals surface area contributed by atoms with Crippen LogP contribution in [0.5, 0.6) is 0 Å². The van der Waals surface area contributed by atoms with Crippen LogP contribution >= 0.6 is 0 Å². The molecule has 6 aliphatic rings. The summed E-state index contributed by atoms with van der Waals surface area (Å²) in [6, 6.07) is 14.5. The smallest absolute Gasteiger partial charge is 0.407 e. The van der Waals surface area contributed by atoms with Gasteiger partial charge in [0.1, 0.15) is 23.7 Å². The summed E-state index contributed by atoms with van der Waals surface area (Å²) in [7, 11) is 2.63. The summed E-state index contributed by atoms with van der Waals surface area (Å²) in [5, 5.41) is 5.70. The zero-order valence-electron chi connectivity index (χ0n) is 36.1. The molecule has 6 heterocycles. The van der Waals surface area contributed by atoms with Crippen molar-refractivity contribution in [2.75, 3.05) is 40.6 Å². The number of methoxy groups -OCH3 is 2. The monoisotopic (exact) mass is 870 g/mol. The van der Waals surface area contributed by atoms with Gasteiger partial charge >= 0.3 is 12.2 Å². The van der Waals surface area contributed by atoms with Crippen LogP contribution in [0.25, 0.3) is 22.8 Å². The van der Waals surface area contributed by atoms with Gasteiger partial charge < -0.3 is 49.3 Å². The van der Waals surface area contributed by atoms with Gasteiger partial charge in [-0.05, 0) is 99.3 Å². The molecule has 0 bridgehead atoms. The first-order valence-corrected chi connectivity index (χ1v) is 22.6. The third-order valence-electron chi connectivity index (χ3n) is 14.2. The van der Waals surface area contributed by atoms with Crippen LogP contribution in [0.2, 0.25) is 0 Å². The van der Waals surface area contributed by atoms with Crippen molar-refractivity contribution in [3.8, 4) is 34.6 Å². The number of nitrogens with zero attached hydrogens (tertiary/aromatic N) is 4. The van der Waals surface area contributed by atoms with Gasteiger partial charge in [-0.15, -0.1) is 0 Å². The van der Waals surface area contributed by atoms with Gasteiger partial charge in [-0.25, -0.2) is 19.6 Å². The first kappa shape index (κ1) is 41.8. The Labute approximate surface area is 371 Å². The minimum Gasteiger partial charge on any atom is -0.453 e. The topological polar surface area (TPSA) is 193 Å². The quantitative estimate of drug-likeness (QED) is 0.148. The number of hydrogen-bond donors (Lipinski definition) is 4. The Hall–Kier alpha value is -6.18. The predicted molar refractivity (Wildman–Crippen MR) is 232 cm³/mol. The van der Waals surface area contributed by atoms with Gasteiger partial charge in [-0.2, -0.15) is 0 Å². The molecule has 4 aliphatic heterocycles. The molecular formula is C48H54N8O8. The standard InChI is InChI=1S/C48H54N8O8/c1-61-47(59)53-41(29-13-17-63-18-14-29)45(57)55-37-21-33(37)23-39(55)35-25-49-43(51-35)31-9-5-27(6-10-31)3-4-28-7-11-32(12-8-28)44-50-26-36(52-44)40-24-34-22-38(34)56(40)46(58)42(54-48(60)62-2)30-15-19-64-20-16-30/h5-12,25-26,29-30,33-34,37-42H,13-24H2,1-2H3,(H,49,51)(H,50,52)(H,53,59)(H,54,60)/t33?,34?,37?,38?,39-,40-,41-,42-/m0/s1. The number of hydrogen-bond acceptors (Lipinski definition) is 10. The summed E-state index contributed by atoms with van der Waals surface area (Å²) in [4.78, 5) is 73.4. The fourth-order valence-electron chi connectivity index (χ4n) is 10.5. The summed E-state index contributed by atoms with van der Waals surface area (Å²) in [5.41, 5.74) is 5.30. The van der Waals surface area contributed by atoms with Crippen molar-refractivity contribution in [3.05, 3.63) is 83.4 Å². The molecule has 334 valence electrons. The number of likely N-dealkylation sites (tertiary alicyclic amines) is 2. The number of piperidine rings is 2. The fourth-order valence-corrected chi connectivity index (χ4v) is 10.5. The number of alkyl carbamates (subject to hydrolysis) is 2. The van der Waals surface area contributed by atoms with E-state index in [0.717, 1.165) is 59.3 Å². The number of carbonyl (C=O) groups excluding carboxylic acids is 4. The Morgan fingerprint density at radius 3 is 1.39 bits per heavy atom. The molecule has 2 aromatic carbocycles. The van der Waals surface area contributed by atoms with Crippen LogP contribution in [0.3, 0.4) is 0 Å². The number of rotatable bonds is 10. The molecule has 6 fully saturated rings. The van der Waals surface area contributed by atoms with Gasteiger partial charge in [0, 0.05) is 60.8 Å². The first-order chi connectivity index (χ1) is 31.3. The Balaban J connectivity index is 0.780.